The zero-order valence-corrected chi connectivity index (χ0v) is 17.9. The average molecular weight is 413 g/mol. The number of hydrogen-bond acceptors (Lipinski definition) is 4. The second-order valence-electron chi connectivity index (χ2n) is 7.77. The van der Waals surface area contributed by atoms with Crippen LogP contribution in [-0.2, 0) is 0 Å². The Morgan fingerprint density at radius 2 is 1.87 bits per heavy atom. The highest BCUT2D eigenvalue weighted by Crippen LogP contribution is 2.37. The van der Waals surface area contributed by atoms with Crippen LogP contribution in [0.2, 0.25) is 0 Å². The third-order valence-corrected chi connectivity index (χ3v) is 6.81. The fourth-order valence-corrected chi connectivity index (χ4v) is 5.07. The first-order valence-electron chi connectivity index (χ1n) is 10.5. The standard InChI is InChI=1S/C25H24N4S/c1-28(20-10-6-3-7-11-20)25-24(27-23-18-26-16-17-29(23)25)22-15-14-21(30-22)13-12-19-8-4-2-5-9-19/h2,4-5,8-9,14-18,20H,3,6-7,10-11H2,1H3. The lowest BCUT2D eigenvalue weighted by molar-refractivity contribution is 0.426. The van der Waals surface area contributed by atoms with Gasteiger partial charge in [0.2, 0.25) is 0 Å². The smallest absolute Gasteiger partial charge is 0.157 e. The molecule has 3 aromatic heterocycles. The first kappa shape index (κ1) is 18.9. The van der Waals surface area contributed by atoms with Gasteiger partial charge in [-0.25, -0.2) is 4.98 Å². The maximum atomic E-state index is 4.95. The topological polar surface area (TPSA) is 33.4 Å². The number of aromatic nitrogens is 3. The molecule has 1 aliphatic rings. The van der Waals surface area contributed by atoms with E-state index in [1.54, 1.807) is 11.3 Å². The second kappa shape index (κ2) is 8.33. The summed E-state index contributed by atoms with van der Waals surface area (Å²) in [4.78, 5) is 13.9. The highest BCUT2D eigenvalue weighted by atomic mass is 32.1. The highest BCUT2D eigenvalue weighted by molar-refractivity contribution is 7.16. The van der Waals surface area contributed by atoms with Gasteiger partial charge >= 0.3 is 0 Å². The quantitative estimate of drug-likeness (QED) is 0.409. The Hall–Kier alpha value is -3.10. The third-order valence-electron chi connectivity index (χ3n) is 5.80. The zero-order valence-electron chi connectivity index (χ0n) is 17.1. The summed E-state index contributed by atoms with van der Waals surface area (Å²) in [5, 5.41) is 0. The molecule has 150 valence electrons. The second-order valence-corrected chi connectivity index (χ2v) is 8.85. The minimum Gasteiger partial charge on any atom is -0.356 e. The van der Waals surface area contributed by atoms with Gasteiger partial charge in [0.25, 0.3) is 0 Å². The van der Waals surface area contributed by atoms with E-state index in [9.17, 15) is 0 Å². The molecule has 0 atom stereocenters. The summed E-state index contributed by atoms with van der Waals surface area (Å²) in [6.45, 7) is 0. The molecule has 1 fully saturated rings. The molecule has 0 bridgehead atoms. The van der Waals surface area contributed by atoms with Crippen molar-refractivity contribution in [2.45, 2.75) is 38.1 Å². The Morgan fingerprint density at radius 3 is 2.70 bits per heavy atom. The Kier molecular flexibility index (Phi) is 5.25. The molecule has 0 amide bonds. The first-order valence-corrected chi connectivity index (χ1v) is 11.3. The average Bonchev–Trinajstić information content (AvgIpc) is 3.43. The van der Waals surface area contributed by atoms with Crippen molar-refractivity contribution in [2.75, 3.05) is 11.9 Å². The number of imidazole rings is 1. The van der Waals surface area contributed by atoms with Crippen molar-refractivity contribution in [1.82, 2.24) is 14.4 Å². The molecule has 4 nitrogen and oxygen atoms in total. The van der Waals surface area contributed by atoms with Gasteiger partial charge in [-0.15, -0.1) is 11.3 Å². The van der Waals surface area contributed by atoms with E-state index in [4.69, 9.17) is 4.98 Å². The summed E-state index contributed by atoms with van der Waals surface area (Å²) >= 11 is 1.70. The lowest BCUT2D eigenvalue weighted by Crippen LogP contribution is -2.34. The molecule has 1 aromatic carbocycles. The summed E-state index contributed by atoms with van der Waals surface area (Å²) in [6.07, 6.45) is 12.1. The zero-order chi connectivity index (χ0) is 20.3. The Morgan fingerprint density at radius 1 is 1.03 bits per heavy atom. The van der Waals surface area contributed by atoms with Crippen molar-refractivity contribution < 1.29 is 0 Å². The number of nitrogens with zero attached hydrogens (tertiary/aromatic N) is 4. The molecule has 5 rings (SSSR count). The molecule has 1 saturated carbocycles. The summed E-state index contributed by atoms with van der Waals surface area (Å²) < 4.78 is 2.17. The van der Waals surface area contributed by atoms with E-state index in [1.165, 1.54) is 32.1 Å². The van der Waals surface area contributed by atoms with Crippen LogP contribution in [0.1, 0.15) is 42.5 Å². The predicted molar refractivity (Wildman–Crippen MR) is 124 cm³/mol. The van der Waals surface area contributed by atoms with Crippen LogP contribution in [0, 0.1) is 11.8 Å². The van der Waals surface area contributed by atoms with Crippen LogP contribution < -0.4 is 4.90 Å². The van der Waals surface area contributed by atoms with Crippen molar-refractivity contribution in [1.29, 1.82) is 0 Å². The van der Waals surface area contributed by atoms with Crippen LogP contribution in [0.25, 0.3) is 16.2 Å². The Labute approximate surface area is 181 Å². The molecule has 0 spiro atoms. The summed E-state index contributed by atoms with van der Waals surface area (Å²) in [5.74, 6) is 7.72. The van der Waals surface area contributed by atoms with Crippen LogP contribution >= 0.6 is 11.3 Å². The van der Waals surface area contributed by atoms with Gasteiger partial charge in [0.1, 0.15) is 11.5 Å². The molecule has 30 heavy (non-hydrogen) atoms. The van der Waals surface area contributed by atoms with Crippen molar-refractivity contribution in [3.63, 3.8) is 0 Å². The summed E-state index contributed by atoms with van der Waals surface area (Å²) in [7, 11) is 2.22. The first-order chi connectivity index (χ1) is 14.8. The fraction of sp³-hybridized carbons (Fsp3) is 0.280. The van der Waals surface area contributed by atoms with Crippen molar-refractivity contribution in [3.05, 3.63) is 71.5 Å². The van der Waals surface area contributed by atoms with Gasteiger partial charge in [0.05, 0.1) is 16.0 Å². The van der Waals surface area contributed by atoms with Gasteiger partial charge in [0.15, 0.2) is 5.65 Å². The number of anilines is 1. The molecule has 0 aliphatic heterocycles. The third kappa shape index (κ3) is 3.71. The SMILES string of the molecule is CN(c1c(-c2ccc(C#Cc3ccccc3)s2)nc2cnccn12)C1CCCCC1. The maximum Gasteiger partial charge on any atom is 0.157 e. The molecule has 4 aromatic rings. The van der Waals surface area contributed by atoms with Crippen LogP contribution in [-0.4, -0.2) is 27.5 Å². The predicted octanol–water partition coefficient (Wildman–Crippen LogP) is 5.63. The molecule has 0 saturated heterocycles. The highest BCUT2D eigenvalue weighted by Gasteiger charge is 2.25. The lowest BCUT2D eigenvalue weighted by atomic mass is 9.94. The van der Waals surface area contributed by atoms with Crippen LogP contribution in [0.4, 0.5) is 5.82 Å². The molecular weight excluding hydrogens is 388 g/mol. The molecule has 0 N–H and O–H groups in total. The maximum absolute atomic E-state index is 4.95. The number of benzene rings is 1. The van der Waals surface area contributed by atoms with E-state index in [-0.39, 0.29) is 0 Å². The van der Waals surface area contributed by atoms with E-state index in [2.05, 4.69) is 45.3 Å². The molecule has 1 aliphatic carbocycles. The summed E-state index contributed by atoms with van der Waals surface area (Å²) in [5.41, 5.74) is 2.94. The van der Waals surface area contributed by atoms with E-state index >= 15 is 0 Å². The Balaban J connectivity index is 1.53. The van der Waals surface area contributed by atoms with E-state index in [0.717, 1.165) is 32.5 Å². The number of rotatable bonds is 3. The minimum atomic E-state index is 0.558. The number of thiophene rings is 1. The van der Waals surface area contributed by atoms with Crippen LogP contribution in [0.15, 0.2) is 61.1 Å². The van der Waals surface area contributed by atoms with Gasteiger partial charge in [0, 0.05) is 31.0 Å². The minimum absolute atomic E-state index is 0.558. The molecule has 0 radical (unpaired) electrons. The fourth-order valence-electron chi connectivity index (χ4n) is 4.23. The molecule has 3 heterocycles. The largest absolute Gasteiger partial charge is 0.356 e. The molecule has 5 heteroatoms. The van der Waals surface area contributed by atoms with Gasteiger partial charge in [-0.05, 0) is 37.1 Å². The van der Waals surface area contributed by atoms with Crippen molar-refractivity contribution in [2.24, 2.45) is 0 Å². The van der Waals surface area contributed by atoms with Gasteiger partial charge in [-0.2, -0.15) is 0 Å². The van der Waals surface area contributed by atoms with E-state index in [0.29, 0.717) is 6.04 Å². The van der Waals surface area contributed by atoms with E-state index < -0.39 is 0 Å². The number of fused-ring (bicyclic) bond motifs is 1. The number of hydrogen-bond donors (Lipinski definition) is 0. The van der Waals surface area contributed by atoms with Crippen molar-refractivity contribution in [3.8, 4) is 22.4 Å². The molecule has 0 unspecified atom stereocenters. The van der Waals surface area contributed by atoms with Gasteiger partial charge in [-0.1, -0.05) is 49.3 Å². The van der Waals surface area contributed by atoms with E-state index in [1.807, 2.05) is 48.9 Å². The van der Waals surface area contributed by atoms with Gasteiger partial charge < -0.3 is 4.90 Å². The van der Waals surface area contributed by atoms with Gasteiger partial charge in [-0.3, -0.25) is 9.38 Å². The Bertz CT molecular complexity index is 1210. The van der Waals surface area contributed by atoms with Crippen molar-refractivity contribution >= 4 is 22.8 Å². The molecular formula is C25H24N4S. The summed E-state index contributed by atoms with van der Waals surface area (Å²) in [6, 6.07) is 14.9. The normalized spacial score (nSPS) is 14.4. The monoisotopic (exact) mass is 412 g/mol. The van der Waals surface area contributed by atoms with Crippen LogP contribution in [0.3, 0.4) is 0 Å². The van der Waals surface area contributed by atoms with Crippen LogP contribution in [0.5, 0.6) is 0 Å². The lowest BCUT2D eigenvalue weighted by Gasteiger charge is -2.32.